The summed E-state index contributed by atoms with van der Waals surface area (Å²) in [5.41, 5.74) is 6.57. The van der Waals surface area contributed by atoms with Crippen LogP contribution in [0.2, 0.25) is 0 Å². The van der Waals surface area contributed by atoms with Crippen LogP contribution in [-0.4, -0.2) is 44.6 Å². The molecule has 106 valence electrons. The van der Waals surface area contributed by atoms with Crippen molar-refractivity contribution in [3.8, 4) is 11.5 Å². The third-order valence-electron chi connectivity index (χ3n) is 2.73. The lowest BCUT2D eigenvalue weighted by atomic mass is 10.0. The minimum Gasteiger partial charge on any atom is -0.497 e. The smallest absolute Gasteiger partial charge is 0.336 e. The fourth-order valence-electron chi connectivity index (χ4n) is 1.66. The molecule has 0 bridgehead atoms. The van der Waals surface area contributed by atoms with E-state index >= 15 is 0 Å². The molecule has 1 rings (SSSR count). The summed E-state index contributed by atoms with van der Waals surface area (Å²) in [6.07, 6.45) is -1.06. The highest BCUT2D eigenvalue weighted by molar-refractivity contribution is 5.75. The van der Waals surface area contributed by atoms with Crippen molar-refractivity contribution >= 4 is 5.97 Å². The van der Waals surface area contributed by atoms with Gasteiger partial charge in [0.15, 0.2) is 6.10 Å². The van der Waals surface area contributed by atoms with Gasteiger partial charge >= 0.3 is 5.97 Å². The monoisotopic (exact) mass is 269 g/mol. The summed E-state index contributed by atoms with van der Waals surface area (Å²) >= 11 is 0. The molecular formula is C13H19NO5. The van der Waals surface area contributed by atoms with E-state index in [1.165, 1.54) is 7.11 Å². The van der Waals surface area contributed by atoms with Crippen LogP contribution in [-0.2, 0) is 16.0 Å². The average molecular weight is 269 g/mol. The third kappa shape index (κ3) is 4.11. The molecule has 0 aliphatic carbocycles. The van der Waals surface area contributed by atoms with Crippen LogP contribution in [0, 0.1) is 0 Å². The Balaban J connectivity index is 2.83. The molecule has 0 fully saturated rings. The summed E-state index contributed by atoms with van der Waals surface area (Å²) in [6.45, 7) is 0. The number of carbonyl (C=O) groups is 1. The number of nitrogens with two attached hydrogens (primary N) is 1. The number of rotatable bonds is 6. The second kappa shape index (κ2) is 6.96. The quantitative estimate of drug-likeness (QED) is 0.712. The average Bonchev–Trinajstić information content (AvgIpc) is 2.44. The second-order valence-electron chi connectivity index (χ2n) is 4.06. The molecule has 3 N–H and O–H groups in total. The SMILES string of the molecule is COC(=O)[C@H](O)[C@@H](N)Cc1cc(OC)cc(OC)c1. The van der Waals surface area contributed by atoms with Crippen LogP contribution in [0.1, 0.15) is 5.56 Å². The fraction of sp³-hybridized carbons (Fsp3) is 0.462. The maximum Gasteiger partial charge on any atom is 0.336 e. The number of hydrogen-bond acceptors (Lipinski definition) is 6. The van der Waals surface area contributed by atoms with E-state index in [2.05, 4.69) is 4.74 Å². The van der Waals surface area contributed by atoms with E-state index in [1.54, 1.807) is 32.4 Å². The maximum atomic E-state index is 11.2. The van der Waals surface area contributed by atoms with Crippen LogP contribution in [0.15, 0.2) is 18.2 Å². The molecular weight excluding hydrogens is 250 g/mol. The number of esters is 1. The molecule has 0 saturated carbocycles. The topological polar surface area (TPSA) is 91.0 Å². The van der Waals surface area contributed by atoms with Crippen molar-refractivity contribution in [2.24, 2.45) is 5.73 Å². The molecule has 0 aromatic heterocycles. The first kappa shape index (κ1) is 15.3. The number of aliphatic hydroxyl groups excluding tert-OH is 1. The summed E-state index contributed by atoms with van der Waals surface area (Å²) in [7, 11) is 4.29. The normalized spacial score (nSPS) is 13.5. The molecule has 0 heterocycles. The van der Waals surface area contributed by atoms with Crippen molar-refractivity contribution < 1.29 is 24.1 Å². The van der Waals surface area contributed by atoms with Crippen molar-refractivity contribution in [3.63, 3.8) is 0 Å². The Labute approximate surface area is 112 Å². The highest BCUT2D eigenvalue weighted by Gasteiger charge is 2.24. The Morgan fingerprint density at radius 3 is 2.16 bits per heavy atom. The van der Waals surface area contributed by atoms with Gasteiger partial charge in [-0.2, -0.15) is 0 Å². The van der Waals surface area contributed by atoms with E-state index in [1.807, 2.05) is 0 Å². The van der Waals surface area contributed by atoms with Crippen LogP contribution < -0.4 is 15.2 Å². The van der Waals surface area contributed by atoms with Gasteiger partial charge in [-0.1, -0.05) is 0 Å². The lowest BCUT2D eigenvalue weighted by Gasteiger charge is -2.17. The minimum absolute atomic E-state index is 0.295. The lowest BCUT2D eigenvalue weighted by molar-refractivity contribution is -0.151. The number of methoxy groups -OCH3 is 3. The Hall–Kier alpha value is -1.79. The zero-order valence-electron chi connectivity index (χ0n) is 11.3. The number of carbonyl (C=O) groups excluding carboxylic acids is 1. The molecule has 1 aromatic rings. The number of hydrogen-bond donors (Lipinski definition) is 2. The van der Waals surface area contributed by atoms with E-state index in [9.17, 15) is 9.90 Å². The standard InChI is InChI=1S/C13H19NO5/c1-17-9-4-8(5-10(7-9)18-2)6-11(14)12(15)13(16)19-3/h4-5,7,11-12,15H,6,14H2,1-3H3/t11-,12+/m0/s1. The van der Waals surface area contributed by atoms with Crippen molar-refractivity contribution in [2.75, 3.05) is 21.3 Å². The molecule has 0 amide bonds. The first-order chi connectivity index (χ1) is 9.01. The predicted molar refractivity (Wildman–Crippen MR) is 69.2 cm³/mol. The van der Waals surface area contributed by atoms with Crippen LogP contribution in [0.25, 0.3) is 0 Å². The molecule has 0 aliphatic heterocycles. The summed E-state index contributed by atoms with van der Waals surface area (Å²) in [6, 6.07) is 4.51. The van der Waals surface area contributed by atoms with Gasteiger partial charge in [0.1, 0.15) is 11.5 Å². The molecule has 0 spiro atoms. The zero-order chi connectivity index (χ0) is 14.4. The summed E-state index contributed by atoms with van der Waals surface area (Å²) in [4.78, 5) is 11.2. The third-order valence-corrected chi connectivity index (χ3v) is 2.73. The van der Waals surface area contributed by atoms with Crippen molar-refractivity contribution in [1.82, 2.24) is 0 Å². The van der Waals surface area contributed by atoms with Gasteiger partial charge in [-0.3, -0.25) is 0 Å². The molecule has 0 radical (unpaired) electrons. The van der Waals surface area contributed by atoms with Crippen molar-refractivity contribution in [1.29, 1.82) is 0 Å². The Bertz CT molecular complexity index is 413. The van der Waals surface area contributed by atoms with Gasteiger partial charge in [-0.15, -0.1) is 0 Å². The van der Waals surface area contributed by atoms with E-state index in [0.717, 1.165) is 5.56 Å². The number of aliphatic hydroxyl groups is 1. The Morgan fingerprint density at radius 2 is 1.74 bits per heavy atom. The first-order valence-electron chi connectivity index (χ1n) is 5.75. The van der Waals surface area contributed by atoms with Crippen LogP contribution in [0.3, 0.4) is 0 Å². The van der Waals surface area contributed by atoms with Gasteiger partial charge in [0.25, 0.3) is 0 Å². The van der Waals surface area contributed by atoms with Gasteiger partial charge in [0, 0.05) is 12.1 Å². The number of ether oxygens (including phenoxy) is 3. The van der Waals surface area contributed by atoms with E-state index in [4.69, 9.17) is 15.2 Å². The number of benzene rings is 1. The first-order valence-corrected chi connectivity index (χ1v) is 5.75. The molecule has 1 aromatic carbocycles. The van der Waals surface area contributed by atoms with Gasteiger partial charge < -0.3 is 25.1 Å². The summed E-state index contributed by atoms with van der Waals surface area (Å²) < 4.78 is 14.7. The Kier molecular flexibility index (Phi) is 5.59. The van der Waals surface area contributed by atoms with Crippen molar-refractivity contribution in [2.45, 2.75) is 18.6 Å². The van der Waals surface area contributed by atoms with Crippen LogP contribution in [0.4, 0.5) is 0 Å². The lowest BCUT2D eigenvalue weighted by Crippen LogP contribution is -2.42. The van der Waals surface area contributed by atoms with E-state index in [-0.39, 0.29) is 0 Å². The molecule has 0 unspecified atom stereocenters. The highest BCUT2D eigenvalue weighted by Crippen LogP contribution is 2.23. The highest BCUT2D eigenvalue weighted by atomic mass is 16.5. The van der Waals surface area contributed by atoms with Gasteiger partial charge in [0.2, 0.25) is 0 Å². The summed E-state index contributed by atoms with van der Waals surface area (Å²) in [5, 5.41) is 9.64. The van der Waals surface area contributed by atoms with Gasteiger partial charge in [0.05, 0.1) is 21.3 Å². The van der Waals surface area contributed by atoms with Crippen LogP contribution >= 0.6 is 0 Å². The molecule has 0 aliphatic rings. The largest absolute Gasteiger partial charge is 0.497 e. The second-order valence-corrected chi connectivity index (χ2v) is 4.06. The van der Waals surface area contributed by atoms with Crippen molar-refractivity contribution in [3.05, 3.63) is 23.8 Å². The summed E-state index contributed by atoms with van der Waals surface area (Å²) in [5.74, 6) is 0.491. The Morgan fingerprint density at radius 1 is 1.21 bits per heavy atom. The molecule has 2 atom stereocenters. The maximum absolute atomic E-state index is 11.2. The molecule has 6 nitrogen and oxygen atoms in total. The molecule has 6 heteroatoms. The van der Waals surface area contributed by atoms with Gasteiger partial charge in [-0.05, 0) is 24.1 Å². The van der Waals surface area contributed by atoms with Crippen LogP contribution in [0.5, 0.6) is 11.5 Å². The molecule has 19 heavy (non-hydrogen) atoms. The van der Waals surface area contributed by atoms with E-state index < -0.39 is 18.1 Å². The minimum atomic E-state index is -1.36. The predicted octanol–water partition coefficient (Wildman–Crippen LogP) is 0.108. The zero-order valence-corrected chi connectivity index (χ0v) is 11.3. The van der Waals surface area contributed by atoms with E-state index in [0.29, 0.717) is 17.9 Å². The fourth-order valence-corrected chi connectivity index (χ4v) is 1.66. The van der Waals surface area contributed by atoms with Gasteiger partial charge in [-0.25, -0.2) is 4.79 Å². The molecule has 0 saturated heterocycles.